The van der Waals surface area contributed by atoms with Gasteiger partial charge in [-0.15, -0.1) is 0 Å². The number of thioether (sulfide) groups is 1. The average Bonchev–Trinajstić information content (AvgIpc) is 2.74. The SMILES string of the molecule is [C-]#[N+]c1cccc(-c2ccc3c(c2)C2(CCSC(N)=N2)CC2(CCCCC2)O3)c1. The molecule has 2 spiro atoms. The number of hydrogen-bond acceptors (Lipinski definition) is 4. The molecule has 1 atom stereocenters. The number of fused-ring (bicyclic) bond motifs is 2. The van der Waals surface area contributed by atoms with Gasteiger partial charge in [-0.1, -0.05) is 42.4 Å². The van der Waals surface area contributed by atoms with Gasteiger partial charge in [0.15, 0.2) is 10.9 Å². The molecule has 148 valence electrons. The van der Waals surface area contributed by atoms with Crippen LogP contribution in [0.3, 0.4) is 0 Å². The van der Waals surface area contributed by atoms with Crippen molar-refractivity contribution in [3.05, 3.63) is 59.4 Å². The van der Waals surface area contributed by atoms with Gasteiger partial charge in [0.2, 0.25) is 0 Å². The maximum absolute atomic E-state index is 7.31. The molecule has 2 N–H and O–H groups in total. The molecule has 2 heterocycles. The molecule has 3 aliphatic rings. The van der Waals surface area contributed by atoms with Crippen LogP contribution < -0.4 is 10.5 Å². The zero-order valence-corrected chi connectivity index (χ0v) is 17.3. The first-order valence-electron chi connectivity index (χ1n) is 10.4. The van der Waals surface area contributed by atoms with E-state index in [1.54, 1.807) is 11.8 Å². The lowest BCUT2D eigenvalue weighted by Gasteiger charge is -2.49. The summed E-state index contributed by atoms with van der Waals surface area (Å²) in [5.74, 6) is 1.95. The molecule has 4 nitrogen and oxygen atoms in total. The van der Waals surface area contributed by atoms with Crippen molar-refractivity contribution in [1.82, 2.24) is 0 Å². The predicted molar refractivity (Wildman–Crippen MR) is 120 cm³/mol. The molecule has 0 radical (unpaired) electrons. The zero-order chi connectivity index (χ0) is 19.9. The van der Waals surface area contributed by atoms with Gasteiger partial charge >= 0.3 is 0 Å². The third kappa shape index (κ3) is 3.30. The molecular formula is C24H25N3OS. The molecule has 0 amide bonds. The maximum atomic E-state index is 7.31. The highest BCUT2D eigenvalue weighted by atomic mass is 32.2. The van der Waals surface area contributed by atoms with Gasteiger partial charge in [0.25, 0.3) is 0 Å². The predicted octanol–water partition coefficient (Wildman–Crippen LogP) is 6.04. The van der Waals surface area contributed by atoms with Crippen molar-refractivity contribution in [3.63, 3.8) is 0 Å². The van der Waals surface area contributed by atoms with Crippen LogP contribution in [0.4, 0.5) is 5.69 Å². The van der Waals surface area contributed by atoms with E-state index in [-0.39, 0.29) is 11.1 Å². The Morgan fingerprint density at radius 1 is 1.03 bits per heavy atom. The second-order valence-electron chi connectivity index (χ2n) is 8.48. The van der Waals surface area contributed by atoms with Crippen molar-refractivity contribution in [1.29, 1.82) is 0 Å². The summed E-state index contributed by atoms with van der Waals surface area (Å²) < 4.78 is 6.69. The van der Waals surface area contributed by atoms with Crippen molar-refractivity contribution in [2.75, 3.05) is 5.75 Å². The Morgan fingerprint density at radius 2 is 1.86 bits per heavy atom. The summed E-state index contributed by atoms with van der Waals surface area (Å²) in [5, 5.41) is 0.690. The van der Waals surface area contributed by atoms with Crippen molar-refractivity contribution < 1.29 is 4.74 Å². The Morgan fingerprint density at radius 3 is 2.66 bits per heavy atom. The number of hydrogen-bond donors (Lipinski definition) is 1. The van der Waals surface area contributed by atoms with E-state index >= 15 is 0 Å². The summed E-state index contributed by atoms with van der Waals surface area (Å²) in [7, 11) is 0. The molecule has 5 heteroatoms. The van der Waals surface area contributed by atoms with Gasteiger partial charge in [-0.2, -0.15) is 0 Å². The molecule has 1 aliphatic carbocycles. The smallest absolute Gasteiger partial charge is 0.187 e. The standard InChI is InChI=1S/C24H25N3OS/c1-26-19-7-5-6-17(14-19)18-8-9-21-20(15-18)24(12-13-29-22(25)27-24)16-23(28-21)10-3-2-4-11-23/h5-9,14-15H,2-4,10-13,16H2,(H2,25,27). The molecular weight excluding hydrogens is 378 g/mol. The monoisotopic (exact) mass is 403 g/mol. The summed E-state index contributed by atoms with van der Waals surface area (Å²) in [6.07, 6.45) is 7.85. The van der Waals surface area contributed by atoms with E-state index in [2.05, 4.69) is 29.1 Å². The lowest BCUT2D eigenvalue weighted by Crippen LogP contribution is -2.50. The summed E-state index contributed by atoms with van der Waals surface area (Å²) in [5.41, 5.74) is 9.80. The fourth-order valence-electron chi connectivity index (χ4n) is 5.24. The van der Waals surface area contributed by atoms with Gasteiger partial charge in [0.05, 0.1) is 12.1 Å². The minimum absolute atomic E-state index is 0.109. The molecule has 0 bridgehead atoms. The van der Waals surface area contributed by atoms with E-state index in [4.69, 9.17) is 22.0 Å². The number of ether oxygens (including phenoxy) is 1. The van der Waals surface area contributed by atoms with E-state index in [1.165, 1.54) is 19.3 Å². The quantitative estimate of drug-likeness (QED) is 0.591. The van der Waals surface area contributed by atoms with Crippen molar-refractivity contribution in [3.8, 4) is 16.9 Å². The van der Waals surface area contributed by atoms with E-state index in [0.717, 1.165) is 53.9 Å². The minimum atomic E-state index is -0.298. The highest BCUT2D eigenvalue weighted by molar-refractivity contribution is 8.13. The Kier molecular flexibility index (Phi) is 4.55. The number of benzene rings is 2. The van der Waals surface area contributed by atoms with E-state index in [1.807, 2.05) is 18.2 Å². The Hall–Kier alpha value is -2.45. The van der Waals surface area contributed by atoms with Gasteiger partial charge in [0, 0.05) is 17.7 Å². The molecule has 1 unspecified atom stereocenters. The van der Waals surface area contributed by atoms with Crippen LogP contribution >= 0.6 is 11.8 Å². The van der Waals surface area contributed by atoms with Crippen LogP contribution in [-0.4, -0.2) is 16.5 Å². The fraction of sp³-hybridized carbons (Fsp3) is 0.417. The third-order valence-corrected chi connectivity index (χ3v) is 7.38. The molecule has 2 aliphatic heterocycles. The number of nitrogens with zero attached hydrogens (tertiary/aromatic N) is 2. The van der Waals surface area contributed by atoms with Crippen LogP contribution in [0.1, 0.15) is 50.5 Å². The number of amidine groups is 1. The molecule has 2 aromatic carbocycles. The summed E-state index contributed by atoms with van der Waals surface area (Å²) >= 11 is 1.65. The van der Waals surface area contributed by atoms with E-state index in [0.29, 0.717) is 10.9 Å². The van der Waals surface area contributed by atoms with Gasteiger partial charge in [-0.05, 0) is 61.4 Å². The van der Waals surface area contributed by atoms with Crippen molar-refractivity contribution in [2.45, 2.75) is 56.1 Å². The van der Waals surface area contributed by atoms with E-state index < -0.39 is 0 Å². The molecule has 1 fully saturated rings. The first-order chi connectivity index (χ1) is 14.1. The number of nitrogens with two attached hydrogens (primary N) is 1. The topological polar surface area (TPSA) is 52.0 Å². The van der Waals surface area contributed by atoms with Crippen LogP contribution in [0, 0.1) is 6.57 Å². The second kappa shape index (κ2) is 7.11. The highest BCUT2D eigenvalue weighted by Gasteiger charge is 2.50. The van der Waals surface area contributed by atoms with Crippen LogP contribution in [0.2, 0.25) is 0 Å². The first-order valence-corrected chi connectivity index (χ1v) is 11.4. The van der Waals surface area contributed by atoms with Crippen molar-refractivity contribution in [2.24, 2.45) is 10.7 Å². The van der Waals surface area contributed by atoms with Gasteiger partial charge < -0.3 is 10.5 Å². The van der Waals surface area contributed by atoms with Crippen LogP contribution in [0.5, 0.6) is 5.75 Å². The lowest BCUT2D eigenvalue weighted by atomic mass is 9.69. The second-order valence-corrected chi connectivity index (χ2v) is 9.59. The van der Waals surface area contributed by atoms with Gasteiger partial charge in [0.1, 0.15) is 11.4 Å². The molecule has 5 rings (SSSR count). The molecule has 1 saturated carbocycles. The van der Waals surface area contributed by atoms with Crippen LogP contribution in [0.25, 0.3) is 16.0 Å². The summed E-state index contributed by atoms with van der Waals surface area (Å²) in [6, 6.07) is 14.2. The Labute approximate surface area is 176 Å². The molecule has 0 saturated heterocycles. The molecule has 2 aromatic rings. The zero-order valence-electron chi connectivity index (χ0n) is 16.5. The number of aliphatic imine (C=N–C) groups is 1. The normalized spacial score (nSPS) is 25.0. The minimum Gasteiger partial charge on any atom is -0.487 e. The Bertz CT molecular complexity index is 1020. The number of rotatable bonds is 1. The van der Waals surface area contributed by atoms with E-state index in [9.17, 15) is 0 Å². The van der Waals surface area contributed by atoms with Crippen LogP contribution in [-0.2, 0) is 5.54 Å². The maximum Gasteiger partial charge on any atom is 0.187 e. The fourth-order valence-corrected chi connectivity index (χ4v) is 6.12. The lowest BCUT2D eigenvalue weighted by molar-refractivity contribution is -0.0183. The average molecular weight is 404 g/mol. The summed E-state index contributed by atoms with van der Waals surface area (Å²) in [4.78, 5) is 8.64. The molecule has 29 heavy (non-hydrogen) atoms. The van der Waals surface area contributed by atoms with Crippen LogP contribution in [0.15, 0.2) is 47.5 Å². The Balaban J connectivity index is 1.64. The largest absolute Gasteiger partial charge is 0.487 e. The summed E-state index contributed by atoms with van der Waals surface area (Å²) in [6.45, 7) is 7.31. The van der Waals surface area contributed by atoms with Gasteiger partial charge in [-0.25, -0.2) is 4.85 Å². The third-order valence-electron chi connectivity index (χ3n) is 6.59. The van der Waals surface area contributed by atoms with Crippen molar-refractivity contribution >= 4 is 22.6 Å². The highest BCUT2D eigenvalue weighted by Crippen LogP contribution is 2.54. The first kappa shape index (κ1) is 18.6. The molecule has 0 aromatic heterocycles. The van der Waals surface area contributed by atoms with Gasteiger partial charge in [-0.3, -0.25) is 4.99 Å².